The summed E-state index contributed by atoms with van der Waals surface area (Å²) in [5.41, 5.74) is -1.38. The first-order chi connectivity index (χ1) is 33.7. The number of rotatable bonds is 19. The second-order valence-corrected chi connectivity index (χ2v) is 23.0. The number of nitrogens with one attached hydrogen (secondary N) is 3. The molecular weight excluding hydrogens is 923 g/mol. The average Bonchev–Trinajstić information content (AvgIpc) is 3.73. The lowest BCUT2D eigenvalue weighted by atomic mass is 9.94. The molecular formula is C53H83N9O10. The number of carbonyl (C=O) groups is 5. The van der Waals surface area contributed by atoms with Crippen molar-refractivity contribution < 1.29 is 47.4 Å². The van der Waals surface area contributed by atoms with Gasteiger partial charge in [-0.2, -0.15) is 4.98 Å². The molecule has 1 saturated carbocycles. The molecule has 0 bridgehead atoms. The van der Waals surface area contributed by atoms with Gasteiger partial charge in [-0.1, -0.05) is 36.6 Å². The van der Waals surface area contributed by atoms with Gasteiger partial charge in [-0.15, -0.1) is 0 Å². The first-order valence-electron chi connectivity index (χ1n) is 25.9. The van der Waals surface area contributed by atoms with Gasteiger partial charge >= 0.3 is 24.2 Å². The highest BCUT2D eigenvalue weighted by atomic mass is 16.6. The molecule has 3 aromatic rings. The van der Waals surface area contributed by atoms with Crippen LogP contribution in [0.3, 0.4) is 0 Å². The van der Waals surface area contributed by atoms with E-state index in [9.17, 15) is 24.0 Å². The Labute approximate surface area is 426 Å². The zero-order chi connectivity index (χ0) is 52.9. The normalized spacial score (nSPS) is 15.6. The molecule has 5 rings (SSSR count). The standard InChI is InChI=1S/C53H83N9O10/c1-50(2,3)68-45(64)42(57-47(65)69-51(4,5)6)25-26-43(63)60-32-27-36(28-33-60)55-44-40-23-16-17-24-41(40)56-46(58-44)54-35-37-34-39(72-59-37)22-18-29-61(48(66)70-52(7,8)9)30-19-31-62(38-20-14-13-15-21-38)49(67)71-53(10,11)12/h16-17,23-24,34,36,38,42H,13-15,18-22,25-33,35H2,1-12H3,(H,57,65)(H2,54,55,56,58)/t42-/m0/s1. The Kier molecular flexibility index (Phi) is 19.9. The van der Waals surface area contributed by atoms with Gasteiger partial charge in [0.1, 0.15) is 45.7 Å². The van der Waals surface area contributed by atoms with E-state index in [1.165, 1.54) is 6.42 Å². The number of benzene rings is 1. The van der Waals surface area contributed by atoms with E-state index in [1.54, 1.807) is 51.3 Å². The molecule has 1 aromatic carbocycles. The molecule has 19 heteroatoms. The first kappa shape index (κ1) is 57.0. The predicted octanol–water partition coefficient (Wildman–Crippen LogP) is 9.78. The highest BCUT2D eigenvalue weighted by Crippen LogP contribution is 2.27. The number of nitrogens with zero attached hydrogens (tertiary/aromatic N) is 6. The Morgan fingerprint density at radius 2 is 1.38 bits per heavy atom. The zero-order valence-corrected chi connectivity index (χ0v) is 45.1. The van der Waals surface area contributed by atoms with E-state index in [0.29, 0.717) is 94.6 Å². The molecule has 1 atom stereocenters. The molecule has 0 unspecified atom stereocenters. The van der Waals surface area contributed by atoms with Crippen molar-refractivity contribution in [2.24, 2.45) is 0 Å². The SMILES string of the molecule is CC(C)(C)OC(=O)N[C@@H](CCC(=O)N1CCC(Nc2nc(NCc3cc(CCCN(CCCN(C(=O)OC(C)(C)C)C4CCCCC4)C(=O)OC(C)(C)C)on3)nc3ccccc23)CC1)C(=O)OC(C)(C)C. The number of ether oxygens (including phenoxy) is 4. The molecule has 3 N–H and O–H groups in total. The van der Waals surface area contributed by atoms with Gasteiger partial charge in [-0.05, 0) is 140 Å². The summed E-state index contributed by atoms with van der Waals surface area (Å²) >= 11 is 0. The molecule has 2 aromatic heterocycles. The minimum atomic E-state index is -1.05. The van der Waals surface area contributed by atoms with Crippen molar-refractivity contribution in [1.29, 1.82) is 0 Å². The minimum absolute atomic E-state index is 0.0290. The van der Waals surface area contributed by atoms with Crippen LogP contribution in [0, 0.1) is 0 Å². The minimum Gasteiger partial charge on any atom is -0.458 e. The Bertz CT molecular complexity index is 2260. The molecule has 1 aliphatic heterocycles. The van der Waals surface area contributed by atoms with Crippen LogP contribution in [0.4, 0.5) is 26.1 Å². The van der Waals surface area contributed by atoms with Crippen LogP contribution in [0.15, 0.2) is 34.9 Å². The summed E-state index contributed by atoms with van der Waals surface area (Å²) in [7, 11) is 0. The van der Waals surface area contributed by atoms with Gasteiger partial charge in [0.2, 0.25) is 11.9 Å². The van der Waals surface area contributed by atoms with Gasteiger partial charge < -0.3 is 54.1 Å². The fraction of sp³-hybridized carbons (Fsp3) is 0.698. The van der Waals surface area contributed by atoms with Crippen LogP contribution in [0.5, 0.6) is 0 Å². The number of para-hydroxylation sites is 1. The lowest BCUT2D eigenvalue weighted by Crippen LogP contribution is -2.47. The third-order valence-corrected chi connectivity index (χ3v) is 11.8. The Morgan fingerprint density at radius 1 is 0.750 bits per heavy atom. The summed E-state index contributed by atoms with van der Waals surface area (Å²) in [6, 6.07) is 8.76. The Hall–Kier alpha value is -5.88. The van der Waals surface area contributed by atoms with Gasteiger partial charge in [0, 0.05) is 69.1 Å². The second kappa shape index (κ2) is 25.2. The van der Waals surface area contributed by atoms with Crippen molar-refractivity contribution in [2.45, 2.75) is 207 Å². The smallest absolute Gasteiger partial charge is 0.410 e. The van der Waals surface area contributed by atoms with E-state index in [0.717, 1.165) is 36.6 Å². The van der Waals surface area contributed by atoms with Crippen LogP contribution < -0.4 is 16.0 Å². The van der Waals surface area contributed by atoms with Crippen LogP contribution >= 0.6 is 0 Å². The maximum Gasteiger partial charge on any atom is 0.410 e. The van der Waals surface area contributed by atoms with Crippen LogP contribution in [0.1, 0.15) is 165 Å². The molecule has 2 fully saturated rings. The monoisotopic (exact) mass is 1010 g/mol. The highest BCUT2D eigenvalue weighted by Gasteiger charge is 2.33. The number of amides is 4. The summed E-state index contributed by atoms with van der Waals surface area (Å²) in [6.45, 7) is 24.3. The van der Waals surface area contributed by atoms with E-state index in [4.69, 9.17) is 33.4 Å². The van der Waals surface area contributed by atoms with Gasteiger partial charge in [0.25, 0.3) is 0 Å². The molecule has 72 heavy (non-hydrogen) atoms. The number of alkyl carbamates (subject to hydrolysis) is 1. The van der Waals surface area contributed by atoms with Crippen LogP contribution in [-0.2, 0) is 41.5 Å². The zero-order valence-electron chi connectivity index (χ0n) is 45.1. The fourth-order valence-corrected chi connectivity index (χ4v) is 8.59. The molecule has 1 aliphatic carbocycles. The van der Waals surface area contributed by atoms with Gasteiger partial charge in [-0.25, -0.2) is 24.2 Å². The Morgan fingerprint density at radius 3 is 2.03 bits per heavy atom. The average molecular weight is 1010 g/mol. The number of anilines is 2. The third-order valence-electron chi connectivity index (χ3n) is 11.8. The van der Waals surface area contributed by atoms with Crippen molar-refractivity contribution in [1.82, 2.24) is 35.1 Å². The van der Waals surface area contributed by atoms with Crippen LogP contribution in [0.25, 0.3) is 10.9 Å². The van der Waals surface area contributed by atoms with Gasteiger partial charge in [0.05, 0.1) is 12.1 Å². The molecule has 19 nitrogen and oxygen atoms in total. The predicted molar refractivity (Wildman–Crippen MR) is 275 cm³/mol. The maximum absolute atomic E-state index is 13.4. The van der Waals surface area contributed by atoms with Crippen molar-refractivity contribution in [3.8, 4) is 0 Å². The van der Waals surface area contributed by atoms with Crippen molar-refractivity contribution in [3.63, 3.8) is 0 Å². The topological polar surface area (TPSA) is 220 Å². The Balaban J connectivity index is 1.13. The number of fused-ring (bicyclic) bond motifs is 1. The molecule has 2 aliphatic rings. The molecule has 3 heterocycles. The number of aryl methyl sites for hydroxylation is 1. The lowest BCUT2D eigenvalue weighted by Gasteiger charge is -2.36. The number of hydrogen-bond acceptors (Lipinski definition) is 15. The molecule has 400 valence electrons. The van der Waals surface area contributed by atoms with Crippen molar-refractivity contribution in [2.75, 3.05) is 43.4 Å². The molecule has 0 radical (unpaired) electrons. The molecule has 1 saturated heterocycles. The first-order valence-corrected chi connectivity index (χ1v) is 25.9. The van der Waals surface area contributed by atoms with Gasteiger partial charge in [0.15, 0.2) is 0 Å². The summed E-state index contributed by atoms with van der Waals surface area (Å²) < 4.78 is 28.2. The largest absolute Gasteiger partial charge is 0.458 e. The van der Waals surface area contributed by atoms with E-state index in [-0.39, 0.29) is 36.9 Å². The quantitative estimate of drug-likeness (QED) is 0.0752. The maximum atomic E-state index is 13.4. The summed E-state index contributed by atoms with van der Waals surface area (Å²) in [6.07, 6.45) is 6.98. The van der Waals surface area contributed by atoms with Crippen molar-refractivity contribution >= 4 is 52.8 Å². The van der Waals surface area contributed by atoms with E-state index >= 15 is 0 Å². The van der Waals surface area contributed by atoms with E-state index in [2.05, 4.69) is 21.1 Å². The van der Waals surface area contributed by atoms with Gasteiger partial charge in [-0.3, -0.25) is 4.79 Å². The lowest BCUT2D eigenvalue weighted by molar-refractivity contribution is -0.157. The second-order valence-electron chi connectivity index (χ2n) is 23.0. The van der Waals surface area contributed by atoms with E-state index < -0.39 is 46.6 Å². The third kappa shape index (κ3) is 19.6. The summed E-state index contributed by atoms with van der Waals surface area (Å²) in [5, 5.41) is 14.7. The molecule has 0 spiro atoms. The highest BCUT2D eigenvalue weighted by molar-refractivity contribution is 5.90. The number of hydrogen-bond donors (Lipinski definition) is 3. The van der Waals surface area contributed by atoms with Crippen LogP contribution in [0.2, 0.25) is 0 Å². The van der Waals surface area contributed by atoms with Crippen molar-refractivity contribution in [3.05, 3.63) is 41.8 Å². The number of carbonyl (C=O) groups excluding carboxylic acids is 5. The number of aromatic nitrogens is 3. The fourth-order valence-electron chi connectivity index (χ4n) is 8.59. The summed E-state index contributed by atoms with van der Waals surface area (Å²) in [5.74, 6) is 1.02. The van der Waals surface area contributed by atoms with E-state index in [1.807, 2.05) is 76.8 Å². The number of piperidine rings is 1. The summed E-state index contributed by atoms with van der Waals surface area (Å²) in [4.78, 5) is 80.8. The molecule has 4 amide bonds. The van der Waals surface area contributed by atoms with Crippen LogP contribution in [-0.4, -0.2) is 133 Å². The number of likely N-dealkylation sites (tertiary alicyclic amines) is 1. The number of esters is 1.